The fourth-order valence-corrected chi connectivity index (χ4v) is 0.842. The third-order valence-corrected chi connectivity index (χ3v) is 1.47. The second kappa shape index (κ2) is 5.70. The lowest BCUT2D eigenvalue weighted by atomic mass is 10.5. The van der Waals surface area contributed by atoms with Crippen LogP contribution < -0.4 is 0 Å². The molecular weight excluding hydrogens is 210 g/mol. The summed E-state index contributed by atoms with van der Waals surface area (Å²) in [4.78, 5) is 12.0. The predicted molar refractivity (Wildman–Crippen MR) is 41.6 cm³/mol. The van der Waals surface area contributed by atoms with Gasteiger partial charge in [-0.2, -0.15) is 10.5 Å². The van der Waals surface area contributed by atoms with Crippen molar-refractivity contribution in [3.63, 3.8) is 0 Å². The molecule has 0 spiro atoms. The monoisotopic (exact) mass is 215 g/mol. The molecule has 1 amide bonds. The highest BCUT2D eigenvalue weighted by molar-refractivity contribution is 9.09. The highest BCUT2D eigenvalue weighted by Gasteiger charge is 2.09. The maximum Gasteiger partial charge on any atom is 0.234 e. The van der Waals surface area contributed by atoms with Crippen molar-refractivity contribution in [3.05, 3.63) is 0 Å². The van der Waals surface area contributed by atoms with Gasteiger partial charge < -0.3 is 4.90 Å². The van der Waals surface area contributed by atoms with Gasteiger partial charge in [0, 0.05) is 0 Å². The van der Waals surface area contributed by atoms with Crippen LogP contribution in [0.2, 0.25) is 0 Å². The first-order valence-electron chi connectivity index (χ1n) is 2.84. The number of alkyl halides is 1. The highest BCUT2D eigenvalue weighted by atomic mass is 79.9. The molecule has 0 radical (unpaired) electrons. The van der Waals surface area contributed by atoms with Gasteiger partial charge in [-0.05, 0) is 0 Å². The first kappa shape index (κ1) is 9.93. The highest BCUT2D eigenvalue weighted by Crippen LogP contribution is 1.91. The molecule has 0 aromatic rings. The summed E-state index contributed by atoms with van der Waals surface area (Å²) in [6.45, 7) is -0.0595. The molecule has 0 aliphatic rings. The Kier molecular flexibility index (Phi) is 5.14. The normalized spacial score (nSPS) is 7.91. The summed E-state index contributed by atoms with van der Waals surface area (Å²) >= 11 is 2.95. The number of nitriles is 2. The number of rotatable bonds is 3. The van der Waals surface area contributed by atoms with E-state index in [0.29, 0.717) is 0 Å². The Morgan fingerprint density at radius 3 is 2.09 bits per heavy atom. The van der Waals surface area contributed by atoms with E-state index in [0.717, 1.165) is 0 Å². The van der Waals surface area contributed by atoms with Crippen molar-refractivity contribution in [2.24, 2.45) is 0 Å². The Balaban J connectivity index is 4.02. The molecule has 0 bridgehead atoms. The Morgan fingerprint density at radius 1 is 1.36 bits per heavy atom. The Bertz CT molecular complexity index is 199. The molecule has 0 N–H and O–H groups in total. The fraction of sp³-hybridized carbons (Fsp3) is 0.500. The van der Waals surface area contributed by atoms with Crippen LogP contribution in [-0.4, -0.2) is 29.2 Å². The van der Waals surface area contributed by atoms with Gasteiger partial charge in [0.2, 0.25) is 5.91 Å². The minimum atomic E-state index is -0.242. The molecule has 58 valence electrons. The molecule has 0 aromatic heterocycles. The van der Waals surface area contributed by atoms with Crippen LogP contribution in [0.1, 0.15) is 0 Å². The summed E-state index contributed by atoms with van der Waals surface area (Å²) in [7, 11) is 0. The maximum absolute atomic E-state index is 10.9. The average Bonchev–Trinajstić information content (AvgIpc) is 2.03. The summed E-state index contributed by atoms with van der Waals surface area (Å²) in [5.41, 5.74) is 0. The smallest absolute Gasteiger partial charge is 0.234 e. The molecule has 0 atom stereocenters. The van der Waals surface area contributed by atoms with Crippen LogP contribution in [0.4, 0.5) is 0 Å². The third-order valence-electron chi connectivity index (χ3n) is 0.990. The quantitative estimate of drug-likeness (QED) is 0.501. The van der Waals surface area contributed by atoms with Crippen molar-refractivity contribution in [1.82, 2.24) is 4.90 Å². The molecule has 0 saturated carbocycles. The number of halogens is 1. The second-order valence-corrected chi connectivity index (χ2v) is 2.26. The molecule has 0 aliphatic heterocycles. The largest absolute Gasteiger partial charge is 0.315 e. The molecule has 11 heavy (non-hydrogen) atoms. The minimum absolute atomic E-state index is 0.0298. The average molecular weight is 216 g/mol. The fourth-order valence-electron chi connectivity index (χ4n) is 0.487. The number of hydrogen-bond donors (Lipinski definition) is 0. The molecule has 0 aromatic carbocycles. The van der Waals surface area contributed by atoms with Crippen molar-refractivity contribution in [1.29, 1.82) is 10.5 Å². The Morgan fingerprint density at radius 2 is 1.82 bits per heavy atom. The van der Waals surface area contributed by atoms with E-state index in [2.05, 4.69) is 15.9 Å². The topological polar surface area (TPSA) is 67.9 Å². The van der Waals surface area contributed by atoms with E-state index in [1.54, 1.807) is 12.1 Å². The SMILES string of the molecule is N#CCN(CC#N)C(=O)CBr. The van der Waals surface area contributed by atoms with Crippen LogP contribution >= 0.6 is 15.9 Å². The zero-order valence-corrected chi connectivity index (χ0v) is 7.34. The predicted octanol–water partition coefficient (Wildman–Crippen LogP) is 0.257. The van der Waals surface area contributed by atoms with Gasteiger partial charge in [-0.1, -0.05) is 15.9 Å². The van der Waals surface area contributed by atoms with Gasteiger partial charge in [0.25, 0.3) is 0 Å². The lowest BCUT2D eigenvalue weighted by molar-refractivity contribution is -0.127. The lowest BCUT2D eigenvalue weighted by Gasteiger charge is -2.12. The lowest BCUT2D eigenvalue weighted by Crippen LogP contribution is -2.32. The Labute approximate surface area is 73.1 Å². The Hall–Kier alpha value is -1.07. The van der Waals surface area contributed by atoms with Crippen LogP contribution in [0.15, 0.2) is 0 Å². The van der Waals surface area contributed by atoms with Gasteiger partial charge in [-0.3, -0.25) is 4.79 Å². The molecule has 0 rings (SSSR count). The van der Waals surface area contributed by atoms with Gasteiger partial charge in [-0.25, -0.2) is 0 Å². The van der Waals surface area contributed by atoms with Crippen LogP contribution in [0.25, 0.3) is 0 Å². The van der Waals surface area contributed by atoms with Crippen molar-refractivity contribution in [3.8, 4) is 12.1 Å². The summed E-state index contributed by atoms with van der Waals surface area (Å²) in [5.74, 6) is -0.242. The van der Waals surface area contributed by atoms with E-state index in [-0.39, 0.29) is 24.3 Å². The zero-order chi connectivity index (χ0) is 8.69. The summed E-state index contributed by atoms with van der Waals surface area (Å²) in [6, 6.07) is 3.60. The van der Waals surface area contributed by atoms with Crippen molar-refractivity contribution >= 4 is 21.8 Å². The molecule has 4 nitrogen and oxygen atoms in total. The summed E-state index contributed by atoms with van der Waals surface area (Å²) in [6.07, 6.45) is 0. The molecular formula is C6H6BrN3O. The van der Waals surface area contributed by atoms with Gasteiger partial charge in [0.15, 0.2) is 0 Å². The molecule has 0 saturated heterocycles. The van der Waals surface area contributed by atoms with E-state index < -0.39 is 0 Å². The van der Waals surface area contributed by atoms with Crippen molar-refractivity contribution in [2.45, 2.75) is 0 Å². The minimum Gasteiger partial charge on any atom is -0.315 e. The summed E-state index contributed by atoms with van der Waals surface area (Å²) < 4.78 is 0. The first-order chi connectivity index (χ1) is 5.26. The van der Waals surface area contributed by atoms with E-state index in [9.17, 15) is 4.79 Å². The molecule has 0 aliphatic carbocycles. The number of carbonyl (C=O) groups is 1. The number of carbonyl (C=O) groups excluding carboxylic acids is 1. The number of nitrogens with zero attached hydrogens (tertiary/aromatic N) is 3. The van der Waals surface area contributed by atoms with E-state index in [1.165, 1.54) is 4.90 Å². The third kappa shape index (κ3) is 3.59. The van der Waals surface area contributed by atoms with Crippen LogP contribution in [0.3, 0.4) is 0 Å². The van der Waals surface area contributed by atoms with E-state index in [1.807, 2.05) is 0 Å². The van der Waals surface area contributed by atoms with Crippen molar-refractivity contribution < 1.29 is 4.79 Å². The number of hydrogen-bond acceptors (Lipinski definition) is 3. The van der Waals surface area contributed by atoms with E-state index >= 15 is 0 Å². The van der Waals surface area contributed by atoms with Crippen LogP contribution in [0, 0.1) is 22.7 Å². The molecule has 0 heterocycles. The standard InChI is InChI=1S/C6H6BrN3O/c7-5-6(11)10(3-1-8)4-2-9/h3-5H2. The summed E-state index contributed by atoms with van der Waals surface area (Å²) in [5, 5.41) is 16.6. The van der Waals surface area contributed by atoms with Crippen LogP contribution in [0.5, 0.6) is 0 Å². The zero-order valence-electron chi connectivity index (χ0n) is 5.75. The van der Waals surface area contributed by atoms with Gasteiger partial charge in [-0.15, -0.1) is 0 Å². The van der Waals surface area contributed by atoms with Gasteiger partial charge in [0.05, 0.1) is 17.5 Å². The molecule has 0 unspecified atom stereocenters. The molecule has 0 fully saturated rings. The second-order valence-electron chi connectivity index (χ2n) is 1.70. The van der Waals surface area contributed by atoms with Gasteiger partial charge in [0.1, 0.15) is 13.1 Å². The first-order valence-corrected chi connectivity index (χ1v) is 3.96. The van der Waals surface area contributed by atoms with E-state index in [4.69, 9.17) is 10.5 Å². The number of amides is 1. The van der Waals surface area contributed by atoms with Crippen molar-refractivity contribution in [2.75, 3.05) is 18.4 Å². The molecule has 5 heteroatoms. The van der Waals surface area contributed by atoms with Crippen LogP contribution in [-0.2, 0) is 4.79 Å². The van der Waals surface area contributed by atoms with Gasteiger partial charge >= 0.3 is 0 Å². The maximum atomic E-state index is 10.9.